The fourth-order valence-electron chi connectivity index (χ4n) is 1.97. The Hall–Kier alpha value is -1.36. The standard InChI is InChI=1S/C15H24N4S/c1-5-7-17-15-18-13(16-8-6-10(2)3)12-9-11(4)20-14(12)19-15/h9-10H,5-8H2,1-4H3,(H2,16,17,18,19). The third kappa shape index (κ3) is 3.82. The number of thiophene rings is 1. The molecule has 0 spiro atoms. The van der Waals surface area contributed by atoms with Crippen molar-refractivity contribution in [3.63, 3.8) is 0 Å². The molecule has 4 nitrogen and oxygen atoms in total. The molecule has 0 amide bonds. The van der Waals surface area contributed by atoms with Gasteiger partial charge in [-0.15, -0.1) is 11.3 Å². The molecule has 0 bridgehead atoms. The van der Waals surface area contributed by atoms with E-state index < -0.39 is 0 Å². The van der Waals surface area contributed by atoms with E-state index in [1.54, 1.807) is 11.3 Å². The second kappa shape index (κ2) is 6.88. The predicted molar refractivity (Wildman–Crippen MR) is 88.9 cm³/mol. The Morgan fingerprint density at radius 2 is 2.00 bits per heavy atom. The smallest absolute Gasteiger partial charge is 0.226 e. The maximum atomic E-state index is 4.62. The number of fused-ring (bicyclic) bond motifs is 1. The van der Waals surface area contributed by atoms with Crippen molar-refractivity contribution in [3.8, 4) is 0 Å². The van der Waals surface area contributed by atoms with Crippen LogP contribution in [-0.2, 0) is 0 Å². The number of aromatic nitrogens is 2. The van der Waals surface area contributed by atoms with Crippen LogP contribution in [0.1, 0.15) is 38.5 Å². The SMILES string of the molecule is CCCNc1nc(NCCC(C)C)c2cc(C)sc2n1. The van der Waals surface area contributed by atoms with Gasteiger partial charge in [0, 0.05) is 18.0 Å². The third-order valence-corrected chi connectivity index (χ3v) is 4.01. The fourth-order valence-corrected chi connectivity index (χ4v) is 2.85. The minimum atomic E-state index is 0.696. The first-order chi connectivity index (χ1) is 9.60. The highest BCUT2D eigenvalue weighted by Gasteiger charge is 2.10. The molecule has 20 heavy (non-hydrogen) atoms. The van der Waals surface area contributed by atoms with Crippen LogP contribution >= 0.6 is 11.3 Å². The molecule has 0 radical (unpaired) electrons. The van der Waals surface area contributed by atoms with E-state index in [0.29, 0.717) is 5.92 Å². The zero-order valence-electron chi connectivity index (χ0n) is 12.8. The summed E-state index contributed by atoms with van der Waals surface area (Å²) < 4.78 is 0. The minimum Gasteiger partial charge on any atom is -0.369 e. The van der Waals surface area contributed by atoms with E-state index in [2.05, 4.69) is 54.4 Å². The maximum Gasteiger partial charge on any atom is 0.226 e. The molecule has 0 aliphatic rings. The van der Waals surface area contributed by atoms with Gasteiger partial charge in [0.1, 0.15) is 10.6 Å². The Kier molecular flexibility index (Phi) is 5.17. The van der Waals surface area contributed by atoms with E-state index in [4.69, 9.17) is 0 Å². The summed E-state index contributed by atoms with van der Waals surface area (Å²) in [6.07, 6.45) is 2.22. The summed E-state index contributed by atoms with van der Waals surface area (Å²) in [7, 11) is 0. The van der Waals surface area contributed by atoms with Crippen molar-refractivity contribution in [2.45, 2.75) is 40.5 Å². The first-order valence-corrected chi connectivity index (χ1v) is 8.17. The molecule has 0 aromatic carbocycles. The molecular formula is C15H24N4S. The number of nitrogens with zero attached hydrogens (tertiary/aromatic N) is 2. The second-order valence-corrected chi connectivity index (χ2v) is 6.74. The lowest BCUT2D eigenvalue weighted by Crippen LogP contribution is -2.09. The van der Waals surface area contributed by atoms with Crippen molar-refractivity contribution in [1.82, 2.24) is 9.97 Å². The zero-order chi connectivity index (χ0) is 14.5. The quantitative estimate of drug-likeness (QED) is 0.799. The van der Waals surface area contributed by atoms with Gasteiger partial charge >= 0.3 is 0 Å². The van der Waals surface area contributed by atoms with Gasteiger partial charge in [0.15, 0.2) is 0 Å². The van der Waals surface area contributed by atoms with E-state index in [9.17, 15) is 0 Å². The minimum absolute atomic E-state index is 0.696. The Bertz CT molecular complexity index is 562. The fraction of sp³-hybridized carbons (Fsp3) is 0.600. The van der Waals surface area contributed by atoms with Crippen LogP contribution in [0.25, 0.3) is 10.2 Å². The van der Waals surface area contributed by atoms with Crippen LogP contribution in [0.2, 0.25) is 0 Å². The van der Waals surface area contributed by atoms with Crippen LogP contribution in [0.15, 0.2) is 6.07 Å². The first kappa shape index (κ1) is 15.0. The monoisotopic (exact) mass is 292 g/mol. The van der Waals surface area contributed by atoms with Crippen LogP contribution < -0.4 is 10.6 Å². The number of aryl methyl sites for hydroxylation is 1. The van der Waals surface area contributed by atoms with Crippen LogP contribution in [0.5, 0.6) is 0 Å². The molecule has 2 N–H and O–H groups in total. The predicted octanol–water partition coefficient (Wildman–Crippen LogP) is 4.28. The largest absolute Gasteiger partial charge is 0.369 e. The van der Waals surface area contributed by atoms with Crippen molar-refractivity contribution in [1.29, 1.82) is 0 Å². The number of rotatable bonds is 7. The molecule has 2 rings (SSSR count). The Morgan fingerprint density at radius 3 is 2.70 bits per heavy atom. The summed E-state index contributed by atoms with van der Waals surface area (Å²) >= 11 is 1.72. The molecular weight excluding hydrogens is 268 g/mol. The molecule has 0 aliphatic heterocycles. The first-order valence-electron chi connectivity index (χ1n) is 7.36. The number of anilines is 2. The molecule has 0 aliphatic carbocycles. The summed E-state index contributed by atoms with van der Waals surface area (Å²) in [6, 6.07) is 2.17. The Balaban J connectivity index is 2.23. The molecule has 110 valence electrons. The van der Waals surface area contributed by atoms with Crippen LogP contribution in [0.3, 0.4) is 0 Å². The second-order valence-electron chi connectivity index (χ2n) is 5.51. The highest BCUT2D eigenvalue weighted by molar-refractivity contribution is 7.18. The van der Waals surface area contributed by atoms with E-state index in [1.165, 1.54) is 4.88 Å². The number of nitrogens with one attached hydrogen (secondary N) is 2. The summed E-state index contributed by atoms with van der Waals surface area (Å²) in [6.45, 7) is 10.6. The van der Waals surface area contributed by atoms with Crippen molar-refractivity contribution >= 4 is 33.3 Å². The number of hydrogen-bond acceptors (Lipinski definition) is 5. The highest BCUT2D eigenvalue weighted by Crippen LogP contribution is 2.29. The molecule has 0 fully saturated rings. The van der Waals surface area contributed by atoms with Crippen LogP contribution in [0, 0.1) is 12.8 Å². The third-order valence-electron chi connectivity index (χ3n) is 3.06. The van der Waals surface area contributed by atoms with Gasteiger partial charge in [-0.3, -0.25) is 0 Å². The van der Waals surface area contributed by atoms with Gasteiger partial charge < -0.3 is 10.6 Å². The number of hydrogen-bond donors (Lipinski definition) is 2. The van der Waals surface area contributed by atoms with Gasteiger partial charge in [-0.2, -0.15) is 4.98 Å². The molecule has 0 unspecified atom stereocenters. The van der Waals surface area contributed by atoms with Crippen molar-refractivity contribution in [3.05, 3.63) is 10.9 Å². The highest BCUT2D eigenvalue weighted by atomic mass is 32.1. The van der Waals surface area contributed by atoms with Crippen molar-refractivity contribution in [2.24, 2.45) is 5.92 Å². The molecule has 0 saturated heterocycles. The average molecular weight is 292 g/mol. The van der Waals surface area contributed by atoms with Crippen LogP contribution in [-0.4, -0.2) is 23.1 Å². The van der Waals surface area contributed by atoms with E-state index in [0.717, 1.165) is 47.9 Å². The summed E-state index contributed by atoms with van der Waals surface area (Å²) in [5, 5.41) is 7.88. The van der Waals surface area contributed by atoms with Gasteiger partial charge in [0.2, 0.25) is 5.95 Å². The normalized spacial score (nSPS) is 11.2. The van der Waals surface area contributed by atoms with Gasteiger partial charge in [-0.25, -0.2) is 4.98 Å². The molecule has 5 heteroatoms. The van der Waals surface area contributed by atoms with E-state index >= 15 is 0 Å². The van der Waals surface area contributed by atoms with E-state index in [-0.39, 0.29) is 0 Å². The van der Waals surface area contributed by atoms with Crippen LogP contribution in [0.4, 0.5) is 11.8 Å². The van der Waals surface area contributed by atoms with Gasteiger partial charge in [-0.1, -0.05) is 20.8 Å². The van der Waals surface area contributed by atoms with Gasteiger partial charge in [0.05, 0.1) is 5.39 Å². The lowest BCUT2D eigenvalue weighted by atomic mass is 10.1. The molecule has 0 atom stereocenters. The molecule has 2 aromatic heterocycles. The lowest BCUT2D eigenvalue weighted by Gasteiger charge is -2.10. The topological polar surface area (TPSA) is 49.8 Å². The van der Waals surface area contributed by atoms with Crippen molar-refractivity contribution < 1.29 is 0 Å². The molecule has 2 aromatic rings. The Labute approximate surface area is 125 Å². The zero-order valence-corrected chi connectivity index (χ0v) is 13.6. The van der Waals surface area contributed by atoms with Crippen molar-refractivity contribution in [2.75, 3.05) is 23.7 Å². The molecule has 0 saturated carbocycles. The lowest BCUT2D eigenvalue weighted by molar-refractivity contribution is 0.607. The summed E-state index contributed by atoms with van der Waals surface area (Å²) in [5.74, 6) is 2.38. The van der Waals surface area contributed by atoms with Gasteiger partial charge in [0.25, 0.3) is 0 Å². The van der Waals surface area contributed by atoms with Gasteiger partial charge in [-0.05, 0) is 31.7 Å². The molecule has 2 heterocycles. The maximum absolute atomic E-state index is 4.62. The van der Waals surface area contributed by atoms with E-state index in [1.807, 2.05) is 0 Å². The Morgan fingerprint density at radius 1 is 1.20 bits per heavy atom. The summed E-state index contributed by atoms with van der Waals surface area (Å²) in [4.78, 5) is 11.5. The average Bonchev–Trinajstić information content (AvgIpc) is 2.76. The summed E-state index contributed by atoms with van der Waals surface area (Å²) in [5.41, 5.74) is 0.